The Kier molecular flexibility index (Phi) is 13.9. The van der Waals surface area contributed by atoms with Gasteiger partial charge in [0, 0.05) is 6.54 Å². The molecule has 214 valence electrons. The van der Waals surface area contributed by atoms with Gasteiger partial charge in [-0.25, -0.2) is 4.79 Å². The summed E-state index contributed by atoms with van der Waals surface area (Å²) in [5, 5.41) is 5.23. The number of carbonyl (C=O) groups is 4. The molecule has 1 rings (SSSR count). The predicted molar refractivity (Wildman–Crippen MR) is 148 cm³/mol. The van der Waals surface area contributed by atoms with Crippen LogP contribution in [0.2, 0.25) is 0 Å². The second kappa shape index (κ2) is 16.0. The summed E-state index contributed by atoms with van der Waals surface area (Å²) in [7, 11) is 1.25. The highest BCUT2D eigenvalue weighted by atomic mass is 16.6. The van der Waals surface area contributed by atoms with E-state index in [2.05, 4.69) is 22.3 Å². The third-order valence-corrected chi connectivity index (χ3v) is 6.28. The third-order valence-electron chi connectivity index (χ3n) is 6.28. The molecule has 0 spiro atoms. The minimum absolute atomic E-state index is 0.314. The lowest BCUT2D eigenvalue weighted by atomic mass is 9.94. The third kappa shape index (κ3) is 11.1. The van der Waals surface area contributed by atoms with E-state index < -0.39 is 41.6 Å². The van der Waals surface area contributed by atoms with Crippen LogP contribution in [0.1, 0.15) is 95.9 Å². The fourth-order valence-electron chi connectivity index (χ4n) is 4.07. The van der Waals surface area contributed by atoms with Gasteiger partial charge in [0.2, 0.25) is 11.8 Å². The van der Waals surface area contributed by atoms with Gasteiger partial charge in [0.25, 0.3) is 0 Å². The van der Waals surface area contributed by atoms with Crippen LogP contribution in [0.3, 0.4) is 0 Å². The van der Waals surface area contributed by atoms with E-state index in [1.54, 1.807) is 27.7 Å². The molecule has 0 fully saturated rings. The molecule has 9 heteroatoms. The minimum Gasteiger partial charge on any atom is -0.468 e. The maximum Gasteiger partial charge on any atom is 0.408 e. The lowest BCUT2D eigenvalue weighted by Gasteiger charge is -2.34. The van der Waals surface area contributed by atoms with Gasteiger partial charge in [-0.1, -0.05) is 57.2 Å². The van der Waals surface area contributed by atoms with Gasteiger partial charge in [0.15, 0.2) is 0 Å². The van der Waals surface area contributed by atoms with Crippen molar-refractivity contribution in [1.29, 1.82) is 0 Å². The van der Waals surface area contributed by atoms with E-state index in [1.807, 2.05) is 32.0 Å². The van der Waals surface area contributed by atoms with Crippen LogP contribution in [-0.2, 0) is 23.9 Å². The average Bonchev–Trinajstić information content (AvgIpc) is 2.84. The summed E-state index contributed by atoms with van der Waals surface area (Å²) in [5.41, 5.74) is 1.79. The molecule has 0 saturated carbocycles. The van der Waals surface area contributed by atoms with E-state index in [0.29, 0.717) is 18.5 Å². The van der Waals surface area contributed by atoms with Gasteiger partial charge < -0.3 is 25.0 Å². The number of carbonyl (C=O) groups excluding carboxylic acids is 4. The Morgan fingerprint density at radius 1 is 1.00 bits per heavy atom. The van der Waals surface area contributed by atoms with Crippen LogP contribution in [0.4, 0.5) is 4.79 Å². The number of benzene rings is 1. The molecule has 1 aromatic rings. The zero-order valence-electron chi connectivity index (χ0n) is 24.4. The Morgan fingerprint density at radius 2 is 1.63 bits per heavy atom. The molecule has 0 radical (unpaired) electrons. The molecule has 0 saturated heterocycles. The first-order valence-electron chi connectivity index (χ1n) is 13.5. The van der Waals surface area contributed by atoms with Crippen LogP contribution in [-0.4, -0.2) is 60.6 Å². The van der Waals surface area contributed by atoms with Crippen molar-refractivity contribution in [2.75, 3.05) is 20.2 Å². The average molecular weight is 534 g/mol. The molecule has 2 atom stereocenters. The number of esters is 1. The molecule has 2 unspecified atom stereocenters. The molecule has 0 aliphatic carbocycles. The summed E-state index contributed by atoms with van der Waals surface area (Å²) in [6.45, 7) is 12.8. The quantitative estimate of drug-likeness (QED) is 0.264. The number of nitrogens with zero attached hydrogens (tertiary/aromatic N) is 1. The lowest BCUT2D eigenvalue weighted by molar-refractivity contribution is -0.144. The monoisotopic (exact) mass is 533 g/mol. The number of hydrogen-bond donors (Lipinski definition) is 2. The molecular formula is C29H47N3O6. The molecule has 0 aliphatic rings. The number of amides is 3. The number of ether oxygens (including phenoxy) is 2. The number of nitrogens with one attached hydrogen (secondary N) is 2. The van der Waals surface area contributed by atoms with E-state index in [-0.39, 0.29) is 6.54 Å². The van der Waals surface area contributed by atoms with Crippen LogP contribution in [0.5, 0.6) is 0 Å². The molecule has 0 bridgehead atoms. The Morgan fingerprint density at radius 3 is 2.24 bits per heavy atom. The van der Waals surface area contributed by atoms with Crippen molar-refractivity contribution in [3.63, 3.8) is 0 Å². The zero-order chi connectivity index (χ0) is 28.9. The maximum absolute atomic E-state index is 13.8. The first kappa shape index (κ1) is 32.9. The smallest absolute Gasteiger partial charge is 0.408 e. The number of rotatable bonds is 14. The van der Waals surface area contributed by atoms with Gasteiger partial charge in [-0.15, -0.1) is 0 Å². The Hall–Kier alpha value is -3.10. The first-order valence-corrected chi connectivity index (χ1v) is 13.5. The number of methoxy groups -OCH3 is 1. The molecule has 1 aromatic carbocycles. The van der Waals surface area contributed by atoms with Gasteiger partial charge in [0.1, 0.15) is 24.2 Å². The number of alkyl carbamates (subject to hydrolysis) is 1. The Balaban J connectivity index is 3.35. The van der Waals surface area contributed by atoms with Gasteiger partial charge in [0.05, 0.1) is 7.11 Å². The first-order chi connectivity index (χ1) is 17.8. The summed E-state index contributed by atoms with van der Waals surface area (Å²) in [5.74, 6) is -1.50. The van der Waals surface area contributed by atoms with Crippen LogP contribution in [0.15, 0.2) is 18.2 Å². The van der Waals surface area contributed by atoms with E-state index in [9.17, 15) is 19.2 Å². The molecule has 0 aliphatic heterocycles. The van der Waals surface area contributed by atoms with E-state index in [1.165, 1.54) is 12.0 Å². The van der Waals surface area contributed by atoms with Gasteiger partial charge in [-0.2, -0.15) is 0 Å². The molecule has 0 heterocycles. The van der Waals surface area contributed by atoms with Gasteiger partial charge in [-0.3, -0.25) is 14.4 Å². The summed E-state index contributed by atoms with van der Waals surface area (Å²) in [4.78, 5) is 53.0. The van der Waals surface area contributed by atoms with Crippen molar-refractivity contribution in [3.05, 3.63) is 34.9 Å². The van der Waals surface area contributed by atoms with Crippen molar-refractivity contribution < 1.29 is 28.7 Å². The van der Waals surface area contributed by atoms with Crippen molar-refractivity contribution in [2.45, 2.75) is 105 Å². The highest BCUT2D eigenvalue weighted by Gasteiger charge is 2.35. The molecule has 2 N–H and O–H groups in total. The second-order valence-electron chi connectivity index (χ2n) is 10.7. The van der Waals surface area contributed by atoms with Crippen LogP contribution >= 0.6 is 0 Å². The lowest BCUT2D eigenvalue weighted by Crippen LogP contribution is -2.52. The normalized spacial score (nSPS) is 12.7. The van der Waals surface area contributed by atoms with Crippen molar-refractivity contribution in [2.24, 2.45) is 0 Å². The molecule has 0 aromatic heterocycles. The standard InChI is InChI=1S/C29H47N3O6/c1-9-10-11-12-13-14-18-32(27(35)22(4)31-28(36)38-29(5,6)7)25(26(34)30-19-24(33)37-8)23-17-15-16-20(2)21(23)3/h15-17,22,25H,9-14,18-19H2,1-8H3,(H,30,34)(H,31,36). The predicted octanol–water partition coefficient (Wildman–Crippen LogP) is 4.74. The van der Waals surface area contributed by atoms with Crippen LogP contribution in [0, 0.1) is 13.8 Å². The molecule has 9 nitrogen and oxygen atoms in total. The highest BCUT2D eigenvalue weighted by Crippen LogP contribution is 2.28. The topological polar surface area (TPSA) is 114 Å². The molecule has 3 amide bonds. The summed E-state index contributed by atoms with van der Waals surface area (Å²) >= 11 is 0. The van der Waals surface area contributed by atoms with E-state index >= 15 is 0 Å². The fraction of sp³-hybridized carbons (Fsp3) is 0.655. The van der Waals surface area contributed by atoms with E-state index in [0.717, 1.165) is 43.2 Å². The van der Waals surface area contributed by atoms with Gasteiger partial charge >= 0.3 is 12.1 Å². The Bertz CT molecular complexity index is 941. The van der Waals surface area contributed by atoms with Crippen molar-refractivity contribution in [1.82, 2.24) is 15.5 Å². The zero-order valence-corrected chi connectivity index (χ0v) is 24.4. The maximum atomic E-state index is 13.8. The largest absolute Gasteiger partial charge is 0.468 e. The number of hydrogen-bond acceptors (Lipinski definition) is 6. The number of unbranched alkanes of at least 4 members (excludes halogenated alkanes) is 5. The summed E-state index contributed by atoms with van der Waals surface area (Å²) in [6, 6.07) is 3.66. The van der Waals surface area contributed by atoms with Crippen LogP contribution in [0.25, 0.3) is 0 Å². The Labute approximate surface area is 228 Å². The number of aryl methyl sites for hydroxylation is 1. The fourth-order valence-corrected chi connectivity index (χ4v) is 4.07. The molecule has 38 heavy (non-hydrogen) atoms. The van der Waals surface area contributed by atoms with Crippen LogP contribution < -0.4 is 10.6 Å². The highest BCUT2D eigenvalue weighted by molar-refractivity contribution is 5.93. The summed E-state index contributed by atoms with van der Waals surface area (Å²) < 4.78 is 10.0. The van der Waals surface area contributed by atoms with E-state index in [4.69, 9.17) is 4.74 Å². The minimum atomic E-state index is -0.995. The SMILES string of the molecule is CCCCCCCCN(C(=O)C(C)NC(=O)OC(C)(C)C)C(C(=O)NCC(=O)OC)c1cccc(C)c1C. The second-order valence-corrected chi connectivity index (χ2v) is 10.7. The molecular weight excluding hydrogens is 486 g/mol. The van der Waals surface area contributed by atoms with Crippen molar-refractivity contribution >= 4 is 23.9 Å². The summed E-state index contributed by atoms with van der Waals surface area (Å²) in [6.07, 6.45) is 5.32. The van der Waals surface area contributed by atoms with Crippen molar-refractivity contribution in [3.8, 4) is 0 Å². The van der Waals surface area contributed by atoms with Gasteiger partial charge in [-0.05, 0) is 64.7 Å².